The first-order valence-electron chi connectivity index (χ1n) is 6.79. The maximum absolute atomic E-state index is 6.16. The topological polar surface area (TPSA) is 38.5 Å². The SMILES string of the molecule is COCCC(N)CN1CCCc2cc(C)ccc21. The summed E-state index contributed by atoms with van der Waals surface area (Å²) in [5, 5.41) is 0. The van der Waals surface area contributed by atoms with Crippen molar-refractivity contribution in [3.05, 3.63) is 29.3 Å². The summed E-state index contributed by atoms with van der Waals surface area (Å²) in [4.78, 5) is 2.43. The fraction of sp³-hybridized carbons (Fsp3) is 0.600. The summed E-state index contributed by atoms with van der Waals surface area (Å²) in [5.74, 6) is 0. The highest BCUT2D eigenvalue weighted by Crippen LogP contribution is 2.27. The third-order valence-electron chi connectivity index (χ3n) is 3.60. The molecule has 2 rings (SSSR count). The predicted molar refractivity (Wildman–Crippen MR) is 76.2 cm³/mol. The second-order valence-electron chi connectivity index (χ2n) is 5.22. The van der Waals surface area contributed by atoms with Gasteiger partial charge in [0, 0.05) is 38.5 Å². The Morgan fingerprint density at radius 2 is 2.28 bits per heavy atom. The van der Waals surface area contributed by atoms with Gasteiger partial charge in [-0.25, -0.2) is 0 Å². The van der Waals surface area contributed by atoms with E-state index in [1.54, 1.807) is 7.11 Å². The minimum Gasteiger partial charge on any atom is -0.385 e. The summed E-state index contributed by atoms with van der Waals surface area (Å²) in [7, 11) is 1.73. The number of benzene rings is 1. The Morgan fingerprint density at radius 1 is 1.44 bits per heavy atom. The molecule has 0 fully saturated rings. The molecule has 1 aromatic carbocycles. The van der Waals surface area contributed by atoms with Gasteiger partial charge in [0.15, 0.2) is 0 Å². The van der Waals surface area contributed by atoms with Crippen molar-refractivity contribution in [2.45, 2.75) is 32.2 Å². The number of nitrogens with two attached hydrogens (primary N) is 1. The van der Waals surface area contributed by atoms with Crippen molar-refractivity contribution in [2.24, 2.45) is 5.73 Å². The number of anilines is 1. The van der Waals surface area contributed by atoms with Crippen LogP contribution in [-0.4, -0.2) is 32.8 Å². The molecule has 0 aromatic heterocycles. The van der Waals surface area contributed by atoms with Gasteiger partial charge in [-0.15, -0.1) is 0 Å². The van der Waals surface area contributed by atoms with Gasteiger partial charge < -0.3 is 15.4 Å². The number of ether oxygens (including phenoxy) is 1. The van der Waals surface area contributed by atoms with Gasteiger partial charge in [0.05, 0.1) is 0 Å². The van der Waals surface area contributed by atoms with Gasteiger partial charge in [-0.05, 0) is 37.8 Å². The highest BCUT2D eigenvalue weighted by molar-refractivity contribution is 5.56. The van der Waals surface area contributed by atoms with Crippen molar-refractivity contribution in [3.63, 3.8) is 0 Å². The van der Waals surface area contributed by atoms with Gasteiger partial charge in [-0.3, -0.25) is 0 Å². The number of nitrogens with zero attached hydrogens (tertiary/aromatic N) is 1. The summed E-state index contributed by atoms with van der Waals surface area (Å²) in [5.41, 5.74) is 10.3. The van der Waals surface area contributed by atoms with E-state index in [9.17, 15) is 0 Å². The molecule has 1 heterocycles. The fourth-order valence-corrected chi connectivity index (χ4v) is 2.64. The zero-order valence-electron chi connectivity index (χ0n) is 11.5. The lowest BCUT2D eigenvalue weighted by Crippen LogP contribution is -2.40. The minimum atomic E-state index is 0.192. The van der Waals surface area contributed by atoms with Gasteiger partial charge in [0.2, 0.25) is 0 Å². The normalized spacial score (nSPS) is 16.5. The standard InChI is InChI=1S/C15H24N2O/c1-12-5-6-15-13(10-12)4-3-8-17(15)11-14(16)7-9-18-2/h5-6,10,14H,3-4,7-9,11,16H2,1-2H3. The number of methoxy groups -OCH3 is 1. The number of hydrogen-bond acceptors (Lipinski definition) is 3. The van der Waals surface area contributed by atoms with Crippen LogP contribution < -0.4 is 10.6 Å². The molecule has 1 aliphatic rings. The summed E-state index contributed by atoms with van der Waals surface area (Å²) >= 11 is 0. The third-order valence-corrected chi connectivity index (χ3v) is 3.60. The number of fused-ring (bicyclic) bond motifs is 1. The van der Waals surface area contributed by atoms with Crippen LogP contribution in [-0.2, 0) is 11.2 Å². The smallest absolute Gasteiger partial charge is 0.0477 e. The van der Waals surface area contributed by atoms with Gasteiger partial charge in [-0.2, -0.15) is 0 Å². The molecule has 0 spiro atoms. The van der Waals surface area contributed by atoms with Crippen LogP contribution >= 0.6 is 0 Å². The molecule has 3 nitrogen and oxygen atoms in total. The molecule has 0 radical (unpaired) electrons. The largest absolute Gasteiger partial charge is 0.385 e. The van der Waals surface area contributed by atoms with Gasteiger partial charge in [0.1, 0.15) is 0 Å². The molecule has 1 aliphatic heterocycles. The Labute approximate surface area is 110 Å². The zero-order chi connectivity index (χ0) is 13.0. The third kappa shape index (κ3) is 3.24. The molecule has 0 amide bonds. The average molecular weight is 248 g/mol. The first kappa shape index (κ1) is 13.4. The van der Waals surface area contributed by atoms with E-state index in [2.05, 4.69) is 30.0 Å². The van der Waals surface area contributed by atoms with E-state index >= 15 is 0 Å². The van der Waals surface area contributed by atoms with E-state index < -0.39 is 0 Å². The average Bonchev–Trinajstić information content (AvgIpc) is 2.36. The number of rotatable bonds is 5. The fourth-order valence-electron chi connectivity index (χ4n) is 2.64. The molecule has 18 heavy (non-hydrogen) atoms. The second-order valence-corrected chi connectivity index (χ2v) is 5.22. The van der Waals surface area contributed by atoms with Crippen LogP contribution in [0.3, 0.4) is 0 Å². The first-order valence-corrected chi connectivity index (χ1v) is 6.79. The van der Waals surface area contributed by atoms with Crippen LogP contribution in [0.5, 0.6) is 0 Å². The summed E-state index contributed by atoms with van der Waals surface area (Å²) < 4.78 is 5.09. The molecule has 1 aromatic rings. The van der Waals surface area contributed by atoms with Gasteiger partial charge >= 0.3 is 0 Å². The van der Waals surface area contributed by atoms with E-state index in [4.69, 9.17) is 10.5 Å². The highest BCUT2D eigenvalue weighted by Gasteiger charge is 2.18. The Morgan fingerprint density at radius 3 is 3.06 bits per heavy atom. The monoisotopic (exact) mass is 248 g/mol. The molecular weight excluding hydrogens is 224 g/mol. The van der Waals surface area contributed by atoms with Crippen molar-refractivity contribution in [1.29, 1.82) is 0 Å². The van der Waals surface area contributed by atoms with Crippen molar-refractivity contribution in [3.8, 4) is 0 Å². The zero-order valence-corrected chi connectivity index (χ0v) is 11.5. The predicted octanol–water partition coefficient (Wildman–Crippen LogP) is 2.11. The van der Waals surface area contributed by atoms with E-state index in [0.29, 0.717) is 0 Å². The van der Waals surface area contributed by atoms with Crippen LogP contribution in [0, 0.1) is 6.92 Å². The second kappa shape index (κ2) is 6.21. The Kier molecular flexibility index (Phi) is 4.61. The van der Waals surface area contributed by atoms with E-state index in [1.165, 1.54) is 29.7 Å². The molecule has 1 unspecified atom stereocenters. The molecule has 2 N–H and O–H groups in total. The first-order chi connectivity index (χ1) is 8.70. The molecule has 0 aliphatic carbocycles. The number of hydrogen-bond donors (Lipinski definition) is 1. The summed E-state index contributed by atoms with van der Waals surface area (Å²) in [6.45, 7) is 4.95. The Balaban J connectivity index is 2.03. The van der Waals surface area contributed by atoms with Crippen LogP contribution in [0.15, 0.2) is 18.2 Å². The van der Waals surface area contributed by atoms with Gasteiger partial charge in [-0.1, -0.05) is 17.7 Å². The van der Waals surface area contributed by atoms with Crippen LogP contribution in [0.2, 0.25) is 0 Å². The van der Waals surface area contributed by atoms with Crippen LogP contribution in [0.4, 0.5) is 5.69 Å². The maximum atomic E-state index is 6.16. The molecule has 100 valence electrons. The Bertz CT molecular complexity index is 392. The molecule has 0 saturated carbocycles. The van der Waals surface area contributed by atoms with E-state index in [0.717, 1.165) is 26.1 Å². The van der Waals surface area contributed by atoms with Crippen molar-refractivity contribution in [2.75, 3.05) is 31.7 Å². The lowest BCUT2D eigenvalue weighted by molar-refractivity contribution is 0.188. The Hall–Kier alpha value is -1.06. The van der Waals surface area contributed by atoms with Gasteiger partial charge in [0.25, 0.3) is 0 Å². The minimum absolute atomic E-state index is 0.192. The molecule has 0 saturated heterocycles. The van der Waals surface area contributed by atoms with E-state index in [-0.39, 0.29) is 6.04 Å². The lowest BCUT2D eigenvalue weighted by atomic mass is 9.99. The maximum Gasteiger partial charge on any atom is 0.0477 e. The van der Waals surface area contributed by atoms with Crippen molar-refractivity contribution >= 4 is 5.69 Å². The molecule has 0 bridgehead atoms. The molecule has 3 heteroatoms. The molecule has 1 atom stereocenters. The summed E-state index contributed by atoms with van der Waals surface area (Å²) in [6, 6.07) is 6.93. The quantitative estimate of drug-likeness (QED) is 0.867. The highest BCUT2D eigenvalue weighted by atomic mass is 16.5. The molecular formula is C15H24N2O. The summed E-state index contributed by atoms with van der Waals surface area (Å²) in [6.07, 6.45) is 3.35. The van der Waals surface area contributed by atoms with Crippen molar-refractivity contribution < 1.29 is 4.74 Å². The van der Waals surface area contributed by atoms with Crippen molar-refractivity contribution in [1.82, 2.24) is 0 Å². The van der Waals surface area contributed by atoms with Crippen LogP contribution in [0.25, 0.3) is 0 Å². The van der Waals surface area contributed by atoms with Crippen LogP contribution in [0.1, 0.15) is 24.0 Å². The number of aryl methyl sites for hydroxylation is 2. The lowest BCUT2D eigenvalue weighted by Gasteiger charge is -2.33. The van der Waals surface area contributed by atoms with E-state index in [1.807, 2.05) is 0 Å².